The molecule has 5 N–H and O–H groups in total. The topological polar surface area (TPSA) is 115 Å². The van der Waals surface area contributed by atoms with Crippen LogP contribution in [0.1, 0.15) is 0 Å². The van der Waals surface area contributed by atoms with Crippen molar-refractivity contribution in [2.75, 3.05) is 56.5 Å². The van der Waals surface area contributed by atoms with Gasteiger partial charge >= 0.3 is 0 Å². The standard InChI is InChI=1S/C22H30FN9O/c1-30-6-8-31(9-7-30)18-3-2-14(10-26-18)16-4-5-25-12-17(16)28-22(33)19-20(24)29-32-13-15(23)11-27-21(19)32/h2-5,10,12,15,19-21,27,29H,6-9,11,13,24H2,1H3,(H,28,33). The van der Waals surface area contributed by atoms with Crippen molar-refractivity contribution in [3.8, 4) is 11.1 Å². The third-order valence-electron chi connectivity index (χ3n) is 6.59. The Morgan fingerprint density at radius 2 is 2.03 bits per heavy atom. The summed E-state index contributed by atoms with van der Waals surface area (Å²) in [6, 6.07) is 5.88. The fourth-order valence-electron chi connectivity index (χ4n) is 4.71. The number of fused-ring (bicyclic) bond motifs is 1. The second-order valence-electron chi connectivity index (χ2n) is 8.89. The van der Waals surface area contributed by atoms with Crippen LogP contribution in [0.5, 0.6) is 0 Å². The molecule has 0 spiro atoms. The molecule has 33 heavy (non-hydrogen) atoms. The molecule has 4 unspecified atom stereocenters. The van der Waals surface area contributed by atoms with E-state index in [0.717, 1.165) is 43.1 Å². The third-order valence-corrected chi connectivity index (χ3v) is 6.59. The smallest absolute Gasteiger partial charge is 0.233 e. The monoisotopic (exact) mass is 455 g/mol. The van der Waals surface area contributed by atoms with Crippen LogP contribution in [0.25, 0.3) is 11.1 Å². The van der Waals surface area contributed by atoms with Crippen molar-refractivity contribution < 1.29 is 9.18 Å². The number of aromatic nitrogens is 2. The second kappa shape index (κ2) is 9.27. The molecular formula is C22H30FN9O. The Bertz CT molecular complexity index is 982. The number of halogens is 1. The third kappa shape index (κ3) is 4.55. The van der Waals surface area contributed by atoms with E-state index in [-0.39, 0.29) is 25.2 Å². The lowest BCUT2D eigenvalue weighted by Gasteiger charge is -2.33. The average Bonchev–Trinajstić information content (AvgIpc) is 3.15. The van der Waals surface area contributed by atoms with Crippen molar-refractivity contribution in [3.63, 3.8) is 0 Å². The average molecular weight is 456 g/mol. The molecule has 0 saturated carbocycles. The largest absolute Gasteiger partial charge is 0.354 e. The molecule has 1 amide bonds. The van der Waals surface area contributed by atoms with Crippen molar-refractivity contribution in [1.29, 1.82) is 0 Å². The summed E-state index contributed by atoms with van der Waals surface area (Å²) in [5.41, 5.74) is 11.5. The van der Waals surface area contributed by atoms with Crippen molar-refractivity contribution in [3.05, 3.63) is 36.8 Å². The minimum atomic E-state index is -1.01. The highest BCUT2D eigenvalue weighted by atomic mass is 19.1. The van der Waals surface area contributed by atoms with Crippen LogP contribution < -0.4 is 26.7 Å². The fourth-order valence-corrected chi connectivity index (χ4v) is 4.71. The van der Waals surface area contributed by atoms with Crippen molar-refractivity contribution in [2.45, 2.75) is 18.5 Å². The van der Waals surface area contributed by atoms with E-state index in [9.17, 15) is 9.18 Å². The van der Waals surface area contributed by atoms with Gasteiger partial charge in [0.15, 0.2) is 0 Å². The molecule has 3 aliphatic rings. The van der Waals surface area contributed by atoms with Gasteiger partial charge in [0.2, 0.25) is 5.91 Å². The first-order valence-electron chi connectivity index (χ1n) is 11.3. The quantitative estimate of drug-likeness (QED) is 0.499. The Labute approximate surface area is 192 Å². The Kier molecular flexibility index (Phi) is 6.21. The summed E-state index contributed by atoms with van der Waals surface area (Å²) in [4.78, 5) is 26.6. The van der Waals surface area contributed by atoms with Crippen LogP contribution in [-0.2, 0) is 4.79 Å². The molecule has 10 nitrogen and oxygen atoms in total. The molecule has 2 aromatic heterocycles. The van der Waals surface area contributed by atoms with E-state index in [2.05, 4.69) is 42.9 Å². The lowest BCUT2D eigenvalue weighted by molar-refractivity contribution is -0.121. The number of alkyl halides is 1. The Hall–Kier alpha value is -2.70. The number of amides is 1. The molecule has 3 fully saturated rings. The minimum absolute atomic E-state index is 0.193. The first kappa shape index (κ1) is 22.1. The van der Waals surface area contributed by atoms with E-state index >= 15 is 0 Å². The van der Waals surface area contributed by atoms with Gasteiger partial charge in [-0.25, -0.2) is 19.8 Å². The molecule has 0 aliphatic carbocycles. The van der Waals surface area contributed by atoms with Gasteiger partial charge in [0.25, 0.3) is 0 Å². The maximum atomic E-state index is 13.7. The van der Waals surface area contributed by atoms with Gasteiger partial charge < -0.3 is 20.9 Å². The summed E-state index contributed by atoms with van der Waals surface area (Å²) < 4.78 is 13.7. The van der Waals surface area contributed by atoms with Crippen molar-refractivity contribution in [2.24, 2.45) is 11.7 Å². The fraction of sp³-hybridized carbons (Fsp3) is 0.500. The molecule has 4 atom stereocenters. The summed E-state index contributed by atoms with van der Waals surface area (Å²) >= 11 is 0. The second-order valence-corrected chi connectivity index (χ2v) is 8.89. The number of piperazine rings is 1. The lowest BCUT2D eigenvalue weighted by atomic mass is 10.0. The highest BCUT2D eigenvalue weighted by Crippen LogP contribution is 2.30. The predicted octanol–water partition coefficient (Wildman–Crippen LogP) is -0.177. The molecule has 5 rings (SSSR count). The zero-order valence-corrected chi connectivity index (χ0v) is 18.6. The van der Waals surface area contributed by atoms with Crippen LogP contribution >= 0.6 is 0 Å². The molecular weight excluding hydrogens is 425 g/mol. The van der Waals surface area contributed by atoms with E-state index in [1.807, 2.05) is 24.4 Å². The van der Waals surface area contributed by atoms with Crippen LogP contribution in [0.2, 0.25) is 0 Å². The van der Waals surface area contributed by atoms with Crippen LogP contribution in [0, 0.1) is 5.92 Å². The number of carbonyl (C=O) groups excluding carboxylic acids is 1. The zero-order chi connectivity index (χ0) is 22.9. The zero-order valence-electron chi connectivity index (χ0n) is 18.6. The predicted molar refractivity (Wildman–Crippen MR) is 124 cm³/mol. The highest BCUT2D eigenvalue weighted by Gasteiger charge is 2.47. The first-order chi connectivity index (χ1) is 16.0. The number of pyridine rings is 2. The number of hydrazine groups is 1. The van der Waals surface area contributed by atoms with Gasteiger partial charge in [0, 0.05) is 62.8 Å². The van der Waals surface area contributed by atoms with Gasteiger partial charge in [0.05, 0.1) is 30.1 Å². The lowest BCUT2D eigenvalue weighted by Crippen LogP contribution is -2.58. The Morgan fingerprint density at radius 1 is 1.21 bits per heavy atom. The number of hydrogen-bond donors (Lipinski definition) is 4. The maximum Gasteiger partial charge on any atom is 0.233 e. The molecule has 2 aromatic rings. The van der Waals surface area contributed by atoms with E-state index in [4.69, 9.17) is 5.73 Å². The maximum absolute atomic E-state index is 13.7. The summed E-state index contributed by atoms with van der Waals surface area (Å²) in [6.07, 6.45) is 3.16. The SMILES string of the molecule is CN1CCN(c2ccc(-c3ccncc3NC(=O)C3C(N)NN4CC(F)CNC34)cn2)CC1. The molecule has 0 radical (unpaired) electrons. The molecule has 3 saturated heterocycles. The van der Waals surface area contributed by atoms with Gasteiger partial charge in [-0.3, -0.25) is 15.1 Å². The first-order valence-corrected chi connectivity index (χ1v) is 11.3. The molecule has 0 bridgehead atoms. The van der Waals surface area contributed by atoms with Crippen LogP contribution in [0.4, 0.5) is 15.9 Å². The normalized spacial score (nSPS) is 28.5. The summed E-state index contributed by atoms with van der Waals surface area (Å²) in [6.45, 7) is 4.32. The summed E-state index contributed by atoms with van der Waals surface area (Å²) in [5.74, 6) is 0.121. The molecule has 11 heteroatoms. The van der Waals surface area contributed by atoms with Crippen LogP contribution in [0.3, 0.4) is 0 Å². The number of rotatable bonds is 4. The number of nitrogens with zero attached hydrogens (tertiary/aromatic N) is 5. The van der Waals surface area contributed by atoms with Crippen LogP contribution in [0.15, 0.2) is 36.8 Å². The summed E-state index contributed by atoms with van der Waals surface area (Å²) in [7, 11) is 2.13. The highest BCUT2D eigenvalue weighted by molar-refractivity contribution is 5.97. The minimum Gasteiger partial charge on any atom is -0.354 e. The number of likely N-dealkylation sites (N-methyl/N-ethyl adjacent to an activating group) is 1. The number of nitrogens with one attached hydrogen (secondary N) is 3. The Morgan fingerprint density at radius 3 is 2.79 bits per heavy atom. The number of carbonyl (C=O) groups is 1. The number of anilines is 2. The summed E-state index contributed by atoms with van der Waals surface area (Å²) in [5, 5.41) is 7.74. The van der Waals surface area contributed by atoms with E-state index in [0.29, 0.717) is 5.69 Å². The van der Waals surface area contributed by atoms with Gasteiger partial charge in [-0.2, -0.15) is 0 Å². The molecule has 0 aromatic carbocycles. The van der Waals surface area contributed by atoms with Gasteiger partial charge in [-0.1, -0.05) is 0 Å². The van der Waals surface area contributed by atoms with Gasteiger partial charge in [0.1, 0.15) is 12.0 Å². The molecule has 3 aliphatic heterocycles. The van der Waals surface area contributed by atoms with Gasteiger partial charge in [-0.05, 0) is 25.2 Å². The van der Waals surface area contributed by atoms with Crippen molar-refractivity contribution >= 4 is 17.4 Å². The number of hydrogen-bond acceptors (Lipinski definition) is 9. The van der Waals surface area contributed by atoms with Gasteiger partial charge in [-0.15, -0.1) is 0 Å². The van der Waals surface area contributed by atoms with E-state index in [1.54, 1.807) is 17.4 Å². The Balaban J connectivity index is 1.31. The molecule has 5 heterocycles. The van der Waals surface area contributed by atoms with Crippen LogP contribution in [-0.4, -0.2) is 90.6 Å². The van der Waals surface area contributed by atoms with E-state index in [1.165, 1.54) is 0 Å². The van der Waals surface area contributed by atoms with E-state index < -0.39 is 18.3 Å². The molecule has 176 valence electrons. The number of nitrogens with two attached hydrogens (primary N) is 1. The van der Waals surface area contributed by atoms with Crippen molar-refractivity contribution in [1.82, 2.24) is 30.6 Å².